The molecule has 4 nitrogen and oxygen atoms in total. The lowest BCUT2D eigenvalue weighted by molar-refractivity contribution is 0.636. The van der Waals surface area contributed by atoms with Crippen molar-refractivity contribution in [1.29, 1.82) is 0 Å². The second kappa shape index (κ2) is 5.31. The smallest absolute Gasteiger partial charge is 0.0624 e. The maximum absolute atomic E-state index is 6.23. The Morgan fingerprint density at radius 3 is 2.72 bits per heavy atom. The van der Waals surface area contributed by atoms with Crippen molar-refractivity contribution in [3.8, 4) is 0 Å². The minimum atomic E-state index is -0.0301. The second-order valence-electron chi connectivity index (χ2n) is 4.71. The molecule has 2 N–H and O–H groups in total. The van der Waals surface area contributed by atoms with Crippen LogP contribution in [0.5, 0.6) is 0 Å². The van der Waals surface area contributed by atoms with E-state index in [1.807, 2.05) is 31.0 Å². The van der Waals surface area contributed by atoms with Crippen LogP contribution in [0.15, 0.2) is 24.5 Å². The van der Waals surface area contributed by atoms with Crippen molar-refractivity contribution < 1.29 is 0 Å². The van der Waals surface area contributed by atoms with E-state index in [1.165, 1.54) is 5.69 Å². The topological polar surface area (TPSA) is 56.7 Å². The van der Waals surface area contributed by atoms with E-state index in [4.69, 9.17) is 5.73 Å². The number of nitrogens with two attached hydrogens (primary N) is 1. The van der Waals surface area contributed by atoms with Gasteiger partial charge >= 0.3 is 0 Å². The third-order valence-corrected chi connectivity index (χ3v) is 3.14. The van der Waals surface area contributed by atoms with Crippen LogP contribution in [0.25, 0.3) is 0 Å². The summed E-state index contributed by atoms with van der Waals surface area (Å²) in [5.41, 5.74) is 10.7. The fourth-order valence-corrected chi connectivity index (χ4v) is 2.06. The number of aromatic nitrogens is 3. The molecule has 0 radical (unpaired) electrons. The first kappa shape index (κ1) is 12.8. The van der Waals surface area contributed by atoms with Crippen molar-refractivity contribution in [3.05, 3.63) is 47.0 Å². The third-order valence-electron chi connectivity index (χ3n) is 3.14. The van der Waals surface area contributed by atoms with Gasteiger partial charge in [-0.05, 0) is 30.5 Å². The van der Waals surface area contributed by atoms with Gasteiger partial charge < -0.3 is 5.73 Å². The summed E-state index contributed by atoms with van der Waals surface area (Å²) >= 11 is 0. The summed E-state index contributed by atoms with van der Waals surface area (Å²) < 4.78 is 1.92. The molecular weight excluding hydrogens is 224 g/mol. The van der Waals surface area contributed by atoms with E-state index in [-0.39, 0.29) is 6.04 Å². The summed E-state index contributed by atoms with van der Waals surface area (Å²) in [4.78, 5) is 4.19. The number of nitrogens with zero attached hydrogens (tertiary/aromatic N) is 3. The van der Waals surface area contributed by atoms with Gasteiger partial charge in [0.05, 0.1) is 5.69 Å². The Hall–Kier alpha value is -1.68. The first-order chi connectivity index (χ1) is 8.60. The Morgan fingerprint density at radius 2 is 2.11 bits per heavy atom. The molecule has 0 fully saturated rings. The van der Waals surface area contributed by atoms with E-state index < -0.39 is 0 Å². The summed E-state index contributed by atoms with van der Waals surface area (Å²) in [6.07, 6.45) is 5.42. The predicted octanol–water partition coefficient (Wildman–Crippen LogP) is 1.93. The molecule has 0 bridgehead atoms. The maximum atomic E-state index is 6.23. The van der Waals surface area contributed by atoms with Crippen LogP contribution in [0.4, 0.5) is 0 Å². The van der Waals surface area contributed by atoms with Gasteiger partial charge in [0, 0.05) is 37.6 Å². The summed E-state index contributed by atoms with van der Waals surface area (Å²) in [5, 5.41) is 4.44. The molecule has 18 heavy (non-hydrogen) atoms. The van der Waals surface area contributed by atoms with Gasteiger partial charge in [-0.25, -0.2) is 0 Å². The molecular formula is C14H20N4. The Labute approximate surface area is 108 Å². The van der Waals surface area contributed by atoms with E-state index in [1.54, 1.807) is 0 Å². The predicted molar refractivity (Wildman–Crippen MR) is 72.2 cm³/mol. The molecule has 0 aromatic carbocycles. The van der Waals surface area contributed by atoms with Gasteiger partial charge in [-0.2, -0.15) is 5.10 Å². The average molecular weight is 244 g/mol. The van der Waals surface area contributed by atoms with Gasteiger partial charge in [-0.15, -0.1) is 0 Å². The van der Waals surface area contributed by atoms with Crippen molar-refractivity contribution in [2.75, 3.05) is 0 Å². The summed E-state index contributed by atoms with van der Waals surface area (Å²) in [6, 6.07) is 4.19. The van der Waals surface area contributed by atoms with Crippen LogP contribution in [0.2, 0.25) is 0 Å². The summed E-state index contributed by atoms with van der Waals surface area (Å²) in [7, 11) is 1.97. The Kier molecular flexibility index (Phi) is 3.77. The van der Waals surface area contributed by atoms with E-state index >= 15 is 0 Å². The van der Waals surface area contributed by atoms with E-state index in [0.29, 0.717) is 0 Å². The molecule has 2 aromatic heterocycles. The third kappa shape index (κ3) is 2.76. The van der Waals surface area contributed by atoms with Crippen molar-refractivity contribution in [1.82, 2.24) is 14.8 Å². The molecule has 0 amide bonds. The normalized spacial score (nSPS) is 12.7. The van der Waals surface area contributed by atoms with Crippen molar-refractivity contribution in [3.63, 3.8) is 0 Å². The minimum absolute atomic E-state index is 0.0301. The molecule has 2 aromatic rings. The molecule has 0 spiro atoms. The maximum Gasteiger partial charge on any atom is 0.0624 e. The van der Waals surface area contributed by atoms with Gasteiger partial charge in [0.1, 0.15) is 0 Å². The van der Waals surface area contributed by atoms with Crippen molar-refractivity contribution in [2.24, 2.45) is 12.8 Å². The molecule has 0 aliphatic heterocycles. The van der Waals surface area contributed by atoms with E-state index in [9.17, 15) is 0 Å². The highest BCUT2D eigenvalue weighted by Gasteiger charge is 2.11. The fourth-order valence-electron chi connectivity index (χ4n) is 2.06. The zero-order chi connectivity index (χ0) is 13.1. The highest BCUT2D eigenvalue weighted by molar-refractivity contribution is 5.22. The molecule has 0 aliphatic rings. The van der Waals surface area contributed by atoms with Crippen LogP contribution in [0.1, 0.15) is 35.5 Å². The van der Waals surface area contributed by atoms with E-state index in [0.717, 1.165) is 29.7 Å². The number of pyridine rings is 1. The monoisotopic (exact) mass is 244 g/mol. The lowest BCUT2D eigenvalue weighted by Crippen LogP contribution is -2.15. The van der Waals surface area contributed by atoms with Gasteiger partial charge in [-0.3, -0.25) is 9.67 Å². The summed E-state index contributed by atoms with van der Waals surface area (Å²) in [6.45, 7) is 4.14. The second-order valence-corrected chi connectivity index (χ2v) is 4.71. The van der Waals surface area contributed by atoms with E-state index in [2.05, 4.69) is 29.1 Å². The zero-order valence-electron chi connectivity index (χ0n) is 11.2. The molecule has 2 heterocycles. The van der Waals surface area contributed by atoms with Crippen LogP contribution in [0.3, 0.4) is 0 Å². The molecule has 2 rings (SSSR count). The van der Waals surface area contributed by atoms with Gasteiger partial charge in [0.15, 0.2) is 0 Å². The SMILES string of the molecule is CCc1cc(CC(N)c2cncc(C)c2)n(C)n1. The van der Waals surface area contributed by atoms with Gasteiger partial charge in [0.25, 0.3) is 0 Å². The number of hydrogen-bond acceptors (Lipinski definition) is 3. The molecule has 1 unspecified atom stereocenters. The van der Waals surface area contributed by atoms with Crippen LogP contribution in [-0.2, 0) is 19.9 Å². The average Bonchev–Trinajstić information content (AvgIpc) is 2.70. The Balaban J connectivity index is 2.15. The minimum Gasteiger partial charge on any atom is -0.324 e. The molecule has 0 saturated heterocycles. The first-order valence-electron chi connectivity index (χ1n) is 6.29. The number of hydrogen-bond donors (Lipinski definition) is 1. The lowest BCUT2D eigenvalue weighted by atomic mass is 10.0. The van der Waals surface area contributed by atoms with Crippen molar-refractivity contribution in [2.45, 2.75) is 32.7 Å². The van der Waals surface area contributed by atoms with Crippen LogP contribution in [-0.4, -0.2) is 14.8 Å². The van der Waals surface area contributed by atoms with Crippen LogP contribution >= 0.6 is 0 Å². The summed E-state index contributed by atoms with van der Waals surface area (Å²) in [5.74, 6) is 0. The number of aryl methyl sites for hydroxylation is 3. The molecule has 0 aliphatic carbocycles. The fraction of sp³-hybridized carbons (Fsp3) is 0.429. The number of rotatable bonds is 4. The van der Waals surface area contributed by atoms with Crippen molar-refractivity contribution >= 4 is 0 Å². The van der Waals surface area contributed by atoms with Gasteiger partial charge in [-0.1, -0.05) is 13.0 Å². The van der Waals surface area contributed by atoms with Crippen LogP contribution in [0, 0.1) is 6.92 Å². The first-order valence-corrected chi connectivity index (χ1v) is 6.29. The Morgan fingerprint density at radius 1 is 1.33 bits per heavy atom. The quantitative estimate of drug-likeness (QED) is 0.894. The zero-order valence-corrected chi connectivity index (χ0v) is 11.2. The highest BCUT2D eigenvalue weighted by Crippen LogP contribution is 2.16. The molecule has 0 saturated carbocycles. The standard InChI is InChI=1S/C14H20N4/c1-4-12-6-13(18(3)17-12)7-14(15)11-5-10(2)8-16-9-11/h5-6,8-9,14H,4,7,15H2,1-3H3. The molecule has 1 atom stereocenters. The Bertz CT molecular complexity index is 530. The largest absolute Gasteiger partial charge is 0.324 e. The lowest BCUT2D eigenvalue weighted by Gasteiger charge is -2.12. The van der Waals surface area contributed by atoms with Gasteiger partial charge in [0.2, 0.25) is 0 Å². The van der Waals surface area contributed by atoms with Crippen LogP contribution < -0.4 is 5.73 Å². The molecule has 96 valence electrons. The highest BCUT2D eigenvalue weighted by atomic mass is 15.3. The molecule has 4 heteroatoms.